The zero-order valence-corrected chi connectivity index (χ0v) is 10.8. The van der Waals surface area contributed by atoms with Crippen molar-refractivity contribution in [2.24, 2.45) is 0 Å². The molecule has 0 bridgehead atoms. The number of pyridine rings is 1. The van der Waals surface area contributed by atoms with Crippen molar-refractivity contribution in [3.8, 4) is 5.75 Å². The van der Waals surface area contributed by atoms with Crippen molar-refractivity contribution in [3.05, 3.63) is 53.3 Å². The molecule has 18 heavy (non-hydrogen) atoms. The van der Waals surface area contributed by atoms with Gasteiger partial charge in [-0.05, 0) is 37.1 Å². The fourth-order valence-electron chi connectivity index (χ4n) is 1.91. The van der Waals surface area contributed by atoms with Crippen LogP contribution in [-0.2, 0) is 13.0 Å². The summed E-state index contributed by atoms with van der Waals surface area (Å²) in [6.45, 7) is 4.58. The number of aromatic hydroxyl groups is 1. The topological polar surface area (TPSA) is 45.2 Å². The van der Waals surface area contributed by atoms with Gasteiger partial charge < -0.3 is 10.4 Å². The molecule has 0 aliphatic rings. The molecule has 0 aliphatic heterocycles. The number of hydrogen-bond acceptors (Lipinski definition) is 3. The van der Waals surface area contributed by atoms with Crippen LogP contribution in [0.25, 0.3) is 0 Å². The van der Waals surface area contributed by atoms with Gasteiger partial charge in [0.1, 0.15) is 11.4 Å². The summed E-state index contributed by atoms with van der Waals surface area (Å²) in [4.78, 5) is 4.33. The first-order valence-corrected chi connectivity index (χ1v) is 6.18. The highest BCUT2D eigenvalue weighted by Crippen LogP contribution is 2.19. The monoisotopic (exact) mass is 242 g/mol. The minimum atomic E-state index is 0.238. The third kappa shape index (κ3) is 2.80. The number of para-hydroxylation sites is 1. The van der Waals surface area contributed by atoms with Crippen LogP contribution < -0.4 is 5.32 Å². The van der Waals surface area contributed by atoms with Crippen molar-refractivity contribution < 1.29 is 5.11 Å². The summed E-state index contributed by atoms with van der Waals surface area (Å²) in [5, 5.41) is 13.1. The zero-order chi connectivity index (χ0) is 13.0. The van der Waals surface area contributed by atoms with Gasteiger partial charge in [0.15, 0.2) is 0 Å². The van der Waals surface area contributed by atoms with Gasteiger partial charge in [0, 0.05) is 11.4 Å². The first-order chi connectivity index (χ1) is 8.70. The Hall–Kier alpha value is -2.03. The largest absolute Gasteiger partial charge is 0.506 e. The molecule has 1 aromatic heterocycles. The molecule has 1 heterocycles. The quantitative estimate of drug-likeness (QED) is 0.865. The van der Waals surface area contributed by atoms with Crippen LogP contribution in [0, 0.1) is 6.92 Å². The number of aryl methyl sites for hydroxylation is 2. The molecule has 94 valence electrons. The van der Waals surface area contributed by atoms with E-state index in [0.717, 1.165) is 17.8 Å². The first-order valence-electron chi connectivity index (χ1n) is 6.18. The lowest BCUT2D eigenvalue weighted by Gasteiger charge is -2.11. The van der Waals surface area contributed by atoms with E-state index in [-0.39, 0.29) is 5.75 Å². The molecule has 3 nitrogen and oxygen atoms in total. The molecular formula is C15H18N2O. The molecule has 0 radical (unpaired) electrons. The summed E-state index contributed by atoms with van der Waals surface area (Å²) >= 11 is 0. The van der Waals surface area contributed by atoms with E-state index in [1.165, 1.54) is 5.56 Å². The van der Waals surface area contributed by atoms with Crippen LogP contribution in [0.1, 0.15) is 23.9 Å². The van der Waals surface area contributed by atoms with E-state index in [1.54, 1.807) is 12.1 Å². The Morgan fingerprint density at radius 3 is 2.72 bits per heavy atom. The van der Waals surface area contributed by atoms with Crippen LogP contribution in [-0.4, -0.2) is 10.1 Å². The predicted octanol–water partition coefficient (Wildman–Crippen LogP) is 3.27. The van der Waals surface area contributed by atoms with Gasteiger partial charge >= 0.3 is 0 Å². The van der Waals surface area contributed by atoms with E-state index >= 15 is 0 Å². The Bertz CT molecular complexity index is 538. The van der Waals surface area contributed by atoms with Crippen LogP contribution in [0.3, 0.4) is 0 Å². The standard InChI is InChI=1S/C15H18N2O/c1-3-12-6-4-5-7-13(12)16-10-14-15(18)9-8-11(2)17-14/h4-9,16,18H,3,10H2,1-2H3. The minimum Gasteiger partial charge on any atom is -0.506 e. The molecule has 0 unspecified atom stereocenters. The van der Waals surface area contributed by atoms with Gasteiger partial charge in [-0.1, -0.05) is 25.1 Å². The molecule has 0 saturated heterocycles. The van der Waals surface area contributed by atoms with Crippen LogP contribution in [0.2, 0.25) is 0 Å². The normalized spacial score (nSPS) is 10.3. The van der Waals surface area contributed by atoms with Gasteiger partial charge in [0.05, 0.1) is 6.54 Å². The maximum absolute atomic E-state index is 9.74. The second-order valence-electron chi connectivity index (χ2n) is 4.28. The summed E-state index contributed by atoms with van der Waals surface area (Å²) in [6, 6.07) is 11.7. The van der Waals surface area contributed by atoms with Gasteiger partial charge in [-0.3, -0.25) is 4.98 Å². The van der Waals surface area contributed by atoms with Crippen LogP contribution in [0.5, 0.6) is 5.75 Å². The fraction of sp³-hybridized carbons (Fsp3) is 0.267. The van der Waals surface area contributed by atoms with Crippen molar-refractivity contribution in [2.75, 3.05) is 5.32 Å². The van der Waals surface area contributed by atoms with Crippen LogP contribution in [0.15, 0.2) is 36.4 Å². The van der Waals surface area contributed by atoms with Crippen molar-refractivity contribution in [3.63, 3.8) is 0 Å². The molecule has 1 aromatic carbocycles. The second-order valence-corrected chi connectivity index (χ2v) is 4.28. The van der Waals surface area contributed by atoms with Crippen LogP contribution in [0.4, 0.5) is 5.69 Å². The van der Waals surface area contributed by atoms with Crippen molar-refractivity contribution >= 4 is 5.69 Å². The Kier molecular flexibility index (Phi) is 3.82. The Balaban J connectivity index is 2.14. The summed E-state index contributed by atoms with van der Waals surface area (Å²) in [6.07, 6.45) is 0.983. The molecule has 0 saturated carbocycles. The number of rotatable bonds is 4. The first kappa shape index (κ1) is 12.4. The molecule has 0 atom stereocenters. The Labute approximate surface area is 108 Å². The van der Waals surface area contributed by atoms with E-state index in [0.29, 0.717) is 12.2 Å². The highest BCUT2D eigenvalue weighted by atomic mass is 16.3. The molecule has 2 N–H and O–H groups in total. The number of anilines is 1. The van der Waals surface area contributed by atoms with Crippen LogP contribution >= 0.6 is 0 Å². The number of benzene rings is 1. The number of aromatic nitrogens is 1. The lowest BCUT2D eigenvalue weighted by atomic mass is 10.1. The predicted molar refractivity (Wildman–Crippen MR) is 73.8 cm³/mol. The third-order valence-corrected chi connectivity index (χ3v) is 2.93. The molecule has 2 rings (SSSR count). The second kappa shape index (κ2) is 5.54. The average molecular weight is 242 g/mol. The van der Waals surface area contributed by atoms with Crippen molar-refractivity contribution in [1.82, 2.24) is 4.98 Å². The van der Waals surface area contributed by atoms with E-state index in [1.807, 2.05) is 25.1 Å². The molecular weight excluding hydrogens is 224 g/mol. The SMILES string of the molecule is CCc1ccccc1NCc1nc(C)ccc1O. The highest BCUT2D eigenvalue weighted by Gasteiger charge is 2.04. The van der Waals surface area contributed by atoms with E-state index in [4.69, 9.17) is 0 Å². The maximum Gasteiger partial charge on any atom is 0.138 e. The molecule has 0 amide bonds. The van der Waals surface area contributed by atoms with Crippen molar-refractivity contribution in [2.45, 2.75) is 26.8 Å². The highest BCUT2D eigenvalue weighted by molar-refractivity contribution is 5.51. The lowest BCUT2D eigenvalue weighted by molar-refractivity contribution is 0.464. The summed E-state index contributed by atoms with van der Waals surface area (Å²) < 4.78 is 0. The molecule has 0 aliphatic carbocycles. The Morgan fingerprint density at radius 2 is 1.94 bits per heavy atom. The number of hydrogen-bond donors (Lipinski definition) is 2. The van der Waals surface area contributed by atoms with Gasteiger partial charge in [0.25, 0.3) is 0 Å². The van der Waals surface area contributed by atoms with Gasteiger partial charge in [-0.15, -0.1) is 0 Å². The number of nitrogens with one attached hydrogen (secondary N) is 1. The summed E-state index contributed by atoms with van der Waals surface area (Å²) in [5.41, 5.74) is 3.96. The molecule has 3 heteroatoms. The lowest BCUT2D eigenvalue weighted by Crippen LogP contribution is -2.04. The molecule has 0 fully saturated rings. The van der Waals surface area contributed by atoms with Crippen molar-refractivity contribution in [1.29, 1.82) is 0 Å². The minimum absolute atomic E-state index is 0.238. The Morgan fingerprint density at radius 1 is 1.17 bits per heavy atom. The average Bonchev–Trinajstić information content (AvgIpc) is 2.40. The third-order valence-electron chi connectivity index (χ3n) is 2.93. The van der Waals surface area contributed by atoms with Gasteiger partial charge in [-0.2, -0.15) is 0 Å². The van der Waals surface area contributed by atoms with E-state index in [9.17, 15) is 5.11 Å². The molecule has 2 aromatic rings. The smallest absolute Gasteiger partial charge is 0.138 e. The van der Waals surface area contributed by atoms with Gasteiger partial charge in [-0.25, -0.2) is 0 Å². The van der Waals surface area contributed by atoms with E-state index in [2.05, 4.69) is 23.3 Å². The summed E-state index contributed by atoms with van der Waals surface area (Å²) in [5.74, 6) is 0.238. The number of nitrogens with zero attached hydrogens (tertiary/aromatic N) is 1. The summed E-state index contributed by atoms with van der Waals surface area (Å²) in [7, 11) is 0. The maximum atomic E-state index is 9.74. The fourth-order valence-corrected chi connectivity index (χ4v) is 1.91. The van der Waals surface area contributed by atoms with Gasteiger partial charge in [0.2, 0.25) is 0 Å². The van der Waals surface area contributed by atoms with E-state index < -0.39 is 0 Å². The zero-order valence-electron chi connectivity index (χ0n) is 10.8. The molecule has 0 spiro atoms.